The summed E-state index contributed by atoms with van der Waals surface area (Å²) in [7, 11) is 0. The van der Waals surface area contributed by atoms with Crippen LogP contribution >= 0.6 is 22.7 Å². The van der Waals surface area contributed by atoms with Crippen molar-refractivity contribution < 1.29 is 9.90 Å². The number of hydrogen-bond donors (Lipinski definition) is 1. The van der Waals surface area contributed by atoms with E-state index < -0.39 is 12.0 Å². The maximum absolute atomic E-state index is 11.7. The fourth-order valence-corrected chi connectivity index (χ4v) is 4.73. The van der Waals surface area contributed by atoms with Crippen LogP contribution in [0.4, 0.5) is 0 Å². The summed E-state index contributed by atoms with van der Waals surface area (Å²) < 4.78 is 0. The molecule has 2 aromatic heterocycles. The molecule has 0 saturated carbocycles. The second-order valence-electron chi connectivity index (χ2n) is 5.20. The number of aliphatic carboxylic acids is 1. The van der Waals surface area contributed by atoms with Crippen LogP contribution in [0.15, 0.2) is 17.5 Å². The lowest BCUT2D eigenvalue weighted by molar-refractivity contribution is -0.144. The second kappa shape index (κ2) is 5.31. The highest BCUT2D eigenvalue weighted by Crippen LogP contribution is 2.35. The van der Waals surface area contributed by atoms with Crippen molar-refractivity contribution in [2.45, 2.75) is 32.9 Å². The third-order valence-electron chi connectivity index (χ3n) is 3.82. The van der Waals surface area contributed by atoms with E-state index in [4.69, 9.17) is 0 Å². The Bertz CT molecular complexity index is 644. The van der Waals surface area contributed by atoms with E-state index in [2.05, 4.69) is 24.8 Å². The summed E-state index contributed by atoms with van der Waals surface area (Å²) in [4.78, 5) is 17.6. The number of carbonyl (C=O) groups is 1. The summed E-state index contributed by atoms with van der Waals surface area (Å²) in [5.74, 6) is -0.742. The highest BCUT2D eigenvalue weighted by atomic mass is 32.1. The molecular weight excluding hydrogens is 290 g/mol. The molecule has 1 unspecified atom stereocenters. The van der Waals surface area contributed by atoms with Gasteiger partial charge in [-0.3, -0.25) is 9.69 Å². The fourth-order valence-electron chi connectivity index (χ4n) is 2.89. The molecule has 106 valence electrons. The molecule has 3 heterocycles. The van der Waals surface area contributed by atoms with Crippen LogP contribution < -0.4 is 0 Å². The molecule has 0 aliphatic carbocycles. The van der Waals surface area contributed by atoms with Gasteiger partial charge in [0.25, 0.3) is 0 Å². The smallest absolute Gasteiger partial charge is 0.325 e. The van der Waals surface area contributed by atoms with Crippen molar-refractivity contribution in [2.24, 2.45) is 0 Å². The van der Waals surface area contributed by atoms with Crippen LogP contribution in [0.5, 0.6) is 0 Å². The normalized spacial score (nSPS) is 19.0. The van der Waals surface area contributed by atoms with E-state index in [1.165, 1.54) is 20.2 Å². The van der Waals surface area contributed by atoms with Gasteiger partial charge < -0.3 is 5.11 Å². The second-order valence-corrected chi connectivity index (χ2v) is 7.66. The number of fused-ring (bicyclic) bond motifs is 1. The number of carboxylic acids is 1. The Morgan fingerprint density at radius 3 is 2.95 bits per heavy atom. The summed E-state index contributed by atoms with van der Waals surface area (Å²) in [6, 6.07) is 3.66. The van der Waals surface area contributed by atoms with Crippen LogP contribution in [0.1, 0.15) is 31.8 Å². The molecule has 1 aliphatic rings. The summed E-state index contributed by atoms with van der Waals surface area (Å²) in [5, 5.41) is 11.6. The first-order valence-electron chi connectivity index (χ1n) is 6.65. The van der Waals surface area contributed by atoms with E-state index in [0.29, 0.717) is 0 Å². The molecule has 0 amide bonds. The molecule has 3 nitrogen and oxygen atoms in total. The third-order valence-corrected chi connectivity index (χ3v) is 5.82. The minimum atomic E-state index is -0.742. The van der Waals surface area contributed by atoms with Crippen LogP contribution in [-0.4, -0.2) is 22.5 Å². The van der Waals surface area contributed by atoms with Crippen molar-refractivity contribution in [1.82, 2.24) is 4.90 Å². The fraction of sp³-hybridized carbons (Fsp3) is 0.400. The first kappa shape index (κ1) is 13.8. The zero-order valence-electron chi connectivity index (χ0n) is 11.5. The van der Waals surface area contributed by atoms with Gasteiger partial charge in [-0.2, -0.15) is 0 Å². The Hall–Kier alpha value is -1.17. The molecule has 0 bridgehead atoms. The van der Waals surface area contributed by atoms with E-state index in [-0.39, 0.29) is 0 Å². The Morgan fingerprint density at radius 1 is 1.50 bits per heavy atom. The van der Waals surface area contributed by atoms with E-state index in [1.807, 2.05) is 11.4 Å². The maximum Gasteiger partial charge on any atom is 0.325 e. The predicted octanol–water partition coefficient (Wildman–Crippen LogP) is 3.61. The van der Waals surface area contributed by atoms with Crippen LogP contribution in [0.25, 0.3) is 0 Å². The van der Waals surface area contributed by atoms with Gasteiger partial charge in [-0.05, 0) is 48.9 Å². The van der Waals surface area contributed by atoms with E-state index in [1.54, 1.807) is 22.7 Å². The van der Waals surface area contributed by atoms with Gasteiger partial charge in [-0.1, -0.05) is 0 Å². The quantitative estimate of drug-likeness (QED) is 0.941. The first-order chi connectivity index (χ1) is 9.56. The molecule has 2 aromatic rings. The molecule has 5 heteroatoms. The van der Waals surface area contributed by atoms with Crippen LogP contribution in [-0.2, 0) is 17.8 Å². The SMILES string of the molecule is Cc1cc(CN2CCc3sccc3C2C(=O)O)c(C)s1. The van der Waals surface area contributed by atoms with Crippen molar-refractivity contribution in [3.8, 4) is 0 Å². The van der Waals surface area contributed by atoms with E-state index >= 15 is 0 Å². The topological polar surface area (TPSA) is 40.5 Å². The summed E-state index contributed by atoms with van der Waals surface area (Å²) in [5.41, 5.74) is 2.25. The highest BCUT2D eigenvalue weighted by Gasteiger charge is 2.33. The molecular formula is C15H17NO2S2. The van der Waals surface area contributed by atoms with Crippen molar-refractivity contribution in [3.05, 3.63) is 43.3 Å². The number of nitrogens with zero attached hydrogens (tertiary/aromatic N) is 1. The number of thiophene rings is 2. The molecule has 0 fully saturated rings. The number of aryl methyl sites for hydroxylation is 2. The van der Waals surface area contributed by atoms with Gasteiger partial charge in [0.05, 0.1) is 0 Å². The van der Waals surface area contributed by atoms with E-state index in [0.717, 1.165) is 25.1 Å². The molecule has 20 heavy (non-hydrogen) atoms. The Morgan fingerprint density at radius 2 is 2.30 bits per heavy atom. The molecule has 0 aromatic carbocycles. The standard InChI is InChI=1S/C15H17NO2S2/c1-9-7-11(10(2)20-9)8-16-5-3-13-12(4-6-19-13)14(16)15(17)18/h4,6-7,14H,3,5,8H2,1-2H3,(H,17,18). The van der Waals surface area contributed by atoms with Crippen LogP contribution in [0.2, 0.25) is 0 Å². The van der Waals surface area contributed by atoms with Crippen molar-refractivity contribution >= 4 is 28.6 Å². The Kier molecular flexibility index (Phi) is 3.67. The molecule has 0 radical (unpaired) electrons. The lowest BCUT2D eigenvalue weighted by Crippen LogP contribution is -2.38. The molecule has 1 aliphatic heterocycles. The van der Waals surface area contributed by atoms with Gasteiger partial charge in [0, 0.05) is 27.7 Å². The Balaban J connectivity index is 1.90. The largest absolute Gasteiger partial charge is 0.480 e. The van der Waals surface area contributed by atoms with Gasteiger partial charge in [-0.25, -0.2) is 0 Å². The predicted molar refractivity (Wildman–Crippen MR) is 82.6 cm³/mol. The molecule has 0 spiro atoms. The summed E-state index contributed by atoms with van der Waals surface area (Å²) in [6.07, 6.45) is 0.957. The number of rotatable bonds is 3. The molecule has 1 N–H and O–H groups in total. The highest BCUT2D eigenvalue weighted by molar-refractivity contribution is 7.12. The number of hydrogen-bond acceptors (Lipinski definition) is 4. The van der Waals surface area contributed by atoms with Gasteiger partial charge in [0.15, 0.2) is 0 Å². The van der Waals surface area contributed by atoms with Crippen LogP contribution in [0.3, 0.4) is 0 Å². The average Bonchev–Trinajstić information content (AvgIpc) is 2.95. The molecule has 1 atom stereocenters. The van der Waals surface area contributed by atoms with Crippen molar-refractivity contribution in [2.75, 3.05) is 6.54 Å². The minimum Gasteiger partial charge on any atom is -0.480 e. The van der Waals surface area contributed by atoms with Crippen molar-refractivity contribution in [1.29, 1.82) is 0 Å². The summed E-state index contributed by atoms with van der Waals surface area (Å²) >= 11 is 3.46. The van der Waals surface area contributed by atoms with Crippen molar-refractivity contribution in [3.63, 3.8) is 0 Å². The van der Waals surface area contributed by atoms with E-state index in [9.17, 15) is 9.90 Å². The zero-order valence-corrected chi connectivity index (χ0v) is 13.2. The minimum absolute atomic E-state index is 0.496. The monoisotopic (exact) mass is 307 g/mol. The third kappa shape index (κ3) is 2.41. The van der Waals surface area contributed by atoms with Gasteiger partial charge >= 0.3 is 5.97 Å². The average molecular weight is 307 g/mol. The first-order valence-corrected chi connectivity index (χ1v) is 8.35. The van der Waals surface area contributed by atoms with Gasteiger partial charge in [-0.15, -0.1) is 22.7 Å². The van der Waals surface area contributed by atoms with Gasteiger partial charge in [0.1, 0.15) is 6.04 Å². The lowest BCUT2D eigenvalue weighted by Gasteiger charge is -2.33. The molecule has 0 saturated heterocycles. The number of carboxylic acid groups (broad SMARTS) is 1. The molecule has 3 rings (SSSR count). The lowest BCUT2D eigenvalue weighted by atomic mass is 9.99. The Labute approximate surface area is 126 Å². The zero-order chi connectivity index (χ0) is 14.3. The summed E-state index contributed by atoms with van der Waals surface area (Å²) in [6.45, 7) is 5.76. The van der Waals surface area contributed by atoms with Crippen LogP contribution in [0, 0.1) is 13.8 Å². The van der Waals surface area contributed by atoms with Gasteiger partial charge in [0.2, 0.25) is 0 Å². The maximum atomic E-state index is 11.7.